The summed E-state index contributed by atoms with van der Waals surface area (Å²) >= 11 is 0. The summed E-state index contributed by atoms with van der Waals surface area (Å²) in [4.78, 5) is 17.0. The summed E-state index contributed by atoms with van der Waals surface area (Å²) in [5.74, 6) is -0.515. The highest BCUT2D eigenvalue weighted by atomic mass is 19.1. The number of pyridine rings is 1. The molecule has 0 radical (unpaired) electrons. The number of benzene rings is 2. The van der Waals surface area contributed by atoms with Crippen LogP contribution in [-0.4, -0.2) is 25.9 Å². The lowest BCUT2D eigenvalue weighted by Gasteiger charge is -2.12. The number of hydrogen-bond donors (Lipinski definition) is 1. The van der Waals surface area contributed by atoms with Crippen LogP contribution in [0.1, 0.15) is 21.5 Å². The maximum absolute atomic E-state index is 13.0. The van der Waals surface area contributed by atoms with Gasteiger partial charge in [0.05, 0.1) is 5.69 Å². The van der Waals surface area contributed by atoms with Crippen LogP contribution in [0.25, 0.3) is 16.9 Å². The van der Waals surface area contributed by atoms with Gasteiger partial charge in [-0.1, -0.05) is 23.4 Å². The van der Waals surface area contributed by atoms with Gasteiger partial charge in [0.2, 0.25) is 0 Å². The van der Waals surface area contributed by atoms with E-state index in [1.54, 1.807) is 41.2 Å². The number of hydrogen-bond acceptors (Lipinski definition) is 4. The molecule has 0 aliphatic heterocycles. The summed E-state index contributed by atoms with van der Waals surface area (Å²) in [7, 11) is 0. The second-order valence-corrected chi connectivity index (χ2v) is 6.11. The molecule has 0 atom stereocenters. The fourth-order valence-corrected chi connectivity index (χ4v) is 2.91. The monoisotopic (exact) mass is 361 g/mol. The number of nitrogens with one attached hydrogen (secondary N) is 1. The van der Waals surface area contributed by atoms with Gasteiger partial charge in [-0.05, 0) is 54.4 Å². The minimum absolute atomic E-state index is 0.212. The van der Waals surface area contributed by atoms with E-state index >= 15 is 0 Å². The first-order valence-electron chi connectivity index (χ1n) is 8.42. The molecule has 0 fully saturated rings. The predicted octanol–water partition coefficient (Wildman–Crippen LogP) is 3.19. The van der Waals surface area contributed by atoms with E-state index < -0.39 is 0 Å². The van der Waals surface area contributed by atoms with Gasteiger partial charge in [-0.15, -0.1) is 5.10 Å². The lowest BCUT2D eigenvalue weighted by atomic mass is 10.1. The fraction of sp³-hybridized carbons (Fsp3) is 0.100. The largest absolute Gasteiger partial charge is 0.348 e. The molecule has 0 aliphatic rings. The summed E-state index contributed by atoms with van der Waals surface area (Å²) in [5.41, 5.74) is 4.18. The van der Waals surface area contributed by atoms with Crippen molar-refractivity contribution < 1.29 is 9.18 Å². The number of nitrogens with zero attached hydrogens (tertiary/aromatic N) is 4. The number of amides is 1. The Hall–Kier alpha value is -3.61. The Morgan fingerprint density at radius 1 is 1.11 bits per heavy atom. The number of carbonyl (C=O) groups excluding carboxylic acids is 1. The molecule has 0 aliphatic carbocycles. The fourth-order valence-electron chi connectivity index (χ4n) is 2.91. The van der Waals surface area contributed by atoms with Crippen molar-refractivity contribution in [1.82, 2.24) is 25.3 Å². The summed E-state index contributed by atoms with van der Waals surface area (Å²) in [6, 6.07) is 15.1. The number of carbonyl (C=O) groups is 1. The van der Waals surface area contributed by atoms with E-state index in [1.165, 1.54) is 12.1 Å². The molecular weight excluding hydrogens is 345 g/mol. The lowest BCUT2D eigenvalue weighted by molar-refractivity contribution is 0.0950. The van der Waals surface area contributed by atoms with E-state index in [2.05, 4.69) is 20.6 Å². The average molecular weight is 361 g/mol. The molecular formula is C20H16FN5O. The van der Waals surface area contributed by atoms with Crippen LogP contribution in [0, 0.1) is 12.7 Å². The third-order valence-corrected chi connectivity index (χ3v) is 4.35. The highest BCUT2D eigenvalue weighted by molar-refractivity contribution is 5.96. The smallest absolute Gasteiger partial charge is 0.251 e. The van der Waals surface area contributed by atoms with Crippen LogP contribution in [0.15, 0.2) is 60.8 Å². The van der Waals surface area contributed by atoms with Crippen molar-refractivity contribution in [2.24, 2.45) is 0 Å². The molecule has 2 aromatic carbocycles. The lowest BCUT2D eigenvalue weighted by Crippen LogP contribution is -2.24. The highest BCUT2D eigenvalue weighted by Crippen LogP contribution is 2.20. The van der Waals surface area contributed by atoms with Crippen molar-refractivity contribution in [3.8, 4) is 5.69 Å². The zero-order valence-electron chi connectivity index (χ0n) is 14.6. The minimum Gasteiger partial charge on any atom is -0.348 e. The Balaban J connectivity index is 1.61. The molecule has 2 heterocycles. The van der Waals surface area contributed by atoms with E-state index in [1.807, 2.05) is 19.1 Å². The van der Waals surface area contributed by atoms with Crippen molar-refractivity contribution in [1.29, 1.82) is 0 Å². The summed E-state index contributed by atoms with van der Waals surface area (Å²) in [6.45, 7) is 2.18. The third-order valence-electron chi connectivity index (χ3n) is 4.35. The quantitative estimate of drug-likeness (QED) is 0.606. The Morgan fingerprint density at radius 2 is 1.93 bits per heavy atom. The van der Waals surface area contributed by atoms with Gasteiger partial charge in [-0.3, -0.25) is 4.79 Å². The van der Waals surface area contributed by atoms with Gasteiger partial charge >= 0.3 is 0 Å². The second kappa shape index (κ2) is 6.95. The van der Waals surface area contributed by atoms with Crippen LogP contribution in [0.2, 0.25) is 0 Å². The first-order valence-corrected chi connectivity index (χ1v) is 8.42. The molecule has 4 aromatic rings. The van der Waals surface area contributed by atoms with Crippen molar-refractivity contribution in [3.63, 3.8) is 0 Å². The maximum atomic E-state index is 13.0. The standard InChI is InChI=1S/C20H16FN5O/c1-13-16(20(27)23-12-14-7-9-15(21)10-8-14)4-2-6-18(13)26-19-17(24-25-26)5-3-11-22-19/h2-11H,12H2,1H3,(H,23,27). The zero-order valence-corrected chi connectivity index (χ0v) is 14.6. The van der Waals surface area contributed by atoms with E-state index in [0.29, 0.717) is 23.3 Å². The van der Waals surface area contributed by atoms with Gasteiger partial charge in [0.25, 0.3) is 5.91 Å². The zero-order chi connectivity index (χ0) is 18.8. The molecule has 6 nitrogen and oxygen atoms in total. The molecule has 4 rings (SSSR count). The summed E-state index contributed by atoms with van der Waals surface area (Å²) in [6.07, 6.45) is 1.68. The van der Waals surface area contributed by atoms with Crippen LogP contribution >= 0.6 is 0 Å². The van der Waals surface area contributed by atoms with Crippen molar-refractivity contribution in [3.05, 3.63) is 83.3 Å². The topological polar surface area (TPSA) is 72.7 Å². The van der Waals surface area contributed by atoms with Gasteiger partial charge in [0.15, 0.2) is 5.65 Å². The number of rotatable bonds is 4. The summed E-state index contributed by atoms with van der Waals surface area (Å²) in [5, 5.41) is 11.1. The van der Waals surface area contributed by atoms with Crippen molar-refractivity contribution >= 4 is 17.1 Å². The second-order valence-electron chi connectivity index (χ2n) is 6.11. The van der Waals surface area contributed by atoms with Gasteiger partial charge in [-0.2, -0.15) is 4.68 Å². The highest BCUT2D eigenvalue weighted by Gasteiger charge is 2.15. The Bertz CT molecular complexity index is 1120. The van der Waals surface area contributed by atoms with Gasteiger partial charge in [-0.25, -0.2) is 9.37 Å². The van der Waals surface area contributed by atoms with E-state index in [9.17, 15) is 9.18 Å². The Labute approximate surface area is 154 Å². The average Bonchev–Trinajstić information content (AvgIpc) is 3.11. The molecule has 0 saturated heterocycles. The molecule has 134 valence electrons. The number of fused-ring (bicyclic) bond motifs is 1. The van der Waals surface area contributed by atoms with Crippen LogP contribution in [0.3, 0.4) is 0 Å². The normalized spacial score (nSPS) is 10.9. The molecule has 0 spiro atoms. The molecule has 7 heteroatoms. The number of aromatic nitrogens is 4. The molecule has 2 aromatic heterocycles. The molecule has 0 saturated carbocycles. The van der Waals surface area contributed by atoms with Crippen LogP contribution in [0.5, 0.6) is 0 Å². The van der Waals surface area contributed by atoms with Crippen LogP contribution in [0.4, 0.5) is 4.39 Å². The maximum Gasteiger partial charge on any atom is 0.251 e. The molecule has 0 bridgehead atoms. The first-order chi connectivity index (χ1) is 13.1. The molecule has 27 heavy (non-hydrogen) atoms. The Kier molecular flexibility index (Phi) is 4.33. The van der Waals surface area contributed by atoms with Gasteiger partial charge in [0.1, 0.15) is 11.3 Å². The minimum atomic E-state index is -0.303. The molecule has 1 amide bonds. The molecule has 0 unspecified atom stereocenters. The van der Waals surface area contributed by atoms with E-state index in [0.717, 1.165) is 16.8 Å². The van der Waals surface area contributed by atoms with Crippen LogP contribution in [-0.2, 0) is 6.54 Å². The van der Waals surface area contributed by atoms with Crippen molar-refractivity contribution in [2.75, 3.05) is 0 Å². The Morgan fingerprint density at radius 3 is 2.74 bits per heavy atom. The number of halogens is 1. The van der Waals surface area contributed by atoms with Crippen LogP contribution < -0.4 is 5.32 Å². The van der Waals surface area contributed by atoms with Gasteiger partial charge in [0, 0.05) is 18.3 Å². The molecule has 1 N–H and O–H groups in total. The third kappa shape index (κ3) is 3.27. The summed E-state index contributed by atoms with van der Waals surface area (Å²) < 4.78 is 14.6. The first kappa shape index (κ1) is 16.8. The SMILES string of the molecule is Cc1c(C(=O)NCc2ccc(F)cc2)cccc1-n1nnc2cccnc21. The van der Waals surface area contributed by atoms with E-state index in [4.69, 9.17) is 0 Å². The van der Waals surface area contributed by atoms with Gasteiger partial charge < -0.3 is 5.32 Å². The van der Waals surface area contributed by atoms with Crippen molar-refractivity contribution in [2.45, 2.75) is 13.5 Å². The van der Waals surface area contributed by atoms with E-state index in [-0.39, 0.29) is 11.7 Å². The predicted molar refractivity (Wildman–Crippen MR) is 99.0 cm³/mol.